The molecule has 1 heterocycles. The molecule has 2 aromatic carbocycles. The summed E-state index contributed by atoms with van der Waals surface area (Å²) in [6, 6.07) is 18.3. The van der Waals surface area contributed by atoms with Crippen LogP contribution >= 0.6 is 11.6 Å². The van der Waals surface area contributed by atoms with Crippen molar-refractivity contribution in [1.29, 1.82) is 0 Å². The molecule has 0 fully saturated rings. The number of urea groups is 1. The van der Waals surface area contributed by atoms with Crippen molar-refractivity contribution in [2.45, 2.75) is 66.5 Å². The average molecular weight is 480 g/mol. The van der Waals surface area contributed by atoms with Crippen molar-refractivity contribution in [1.82, 2.24) is 9.47 Å². The molecule has 0 atom stereocenters. The largest absolute Gasteiger partial charge is 0.345 e. The maximum Gasteiger partial charge on any atom is 0.322 e. The average Bonchev–Trinajstić information content (AvgIpc) is 3.21. The fraction of sp³-hybridized carbons (Fsp3) is 0.414. The highest BCUT2D eigenvalue weighted by atomic mass is 35.5. The Morgan fingerprint density at radius 3 is 2.15 bits per heavy atom. The molecule has 4 nitrogen and oxygen atoms in total. The lowest BCUT2D eigenvalue weighted by Crippen LogP contribution is -2.38. The molecular formula is C29H38ClN3O. The summed E-state index contributed by atoms with van der Waals surface area (Å²) in [6.45, 7) is 14.8. The van der Waals surface area contributed by atoms with Gasteiger partial charge in [-0.2, -0.15) is 0 Å². The number of nitrogens with zero attached hydrogens (tertiary/aromatic N) is 2. The van der Waals surface area contributed by atoms with Crippen molar-refractivity contribution >= 4 is 23.3 Å². The van der Waals surface area contributed by atoms with E-state index in [0.29, 0.717) is 37.4 Å². The van der Waals surface area contributed by atoms with Gasteiger partial charge in [0.05, 0.1) is 6.54 Å². The highest BCUT2D eigenvalue weighted by Gasteiger charge is 2.21. The van der Waals surface area contributed by atoms with Crippen molar-refractivity contribution in [3.8, 4) is 0 Å². The number of carbonyl (C=O) groups is 1. The molecule has 0 aliphatic carbocycles. The maximum absolute atomic E-state index is 13.6. The van der Waals surface area contributed by atoms with Gasteiger partial charge in [-0.15, -0.1) is 0 Å². The molecular weight excluding hydrogens is 442 g/mol. The van der Waals surface area contributed by atoms with Crippen molar-refractivity contribution < 1.29 is 4.79 Å². The van der Waals surface area contributed by atoms with Crippen LogP contribution in [0.1, 0.15) is 75.8 Å². The molecule has 0 aliphatic rings. The molecule has 0 aliphatic heterocycles. The molecule has 1 N–H and O–H groups in total. The summed E-state index contributed by atoms with van der Waals surface area (Å²) in [4.78, 5) is 15.6. The van der Waals surface area contributed by atoms with Gasteiger partial charge in [-0.25, -0.2) is 4.79 Å². The van der Waals surface area contributed by atoms with Crippen LogP contribution in [0.25, 0.3) is 0 Å². The topological polar surface area (TPSA) is 37.3 Å². The van der Waals surface area contributed by atoms with Crippen LogP contribution in [0, 0.1) is 5.92 Å². The molecule has 2 amide bonds. The van der Waals surface area contributed by atoms with Crippen molar-refractivity contribution in [3.05, 3.63) is 88.2 Å². The number of hydrogen-bond donors (Lipinski definition) is 1. The second kappa shape index (κ2) is 11.6. The maximum atomic E-state index is 13.6. The van der Waals surface area contributed by atoms with Gasteiger partial charge in [0.2, 0.25) is 0 Å². The molecule has 0 spiro atoms. The number of halogens is 1. The Kier molecular flexibility index (Phi) is 8.84. The molecule has 3 aromatic rings. The number of rotatable bonds is 9. The molecule has 3 rings (SSSR count). The first kappa shape index (κ1) is 25.9. The van der Waals surface area contributed by atoms with Gasteiger partial charge in [0, 0.05) is 35.7 Å². The predicted octanol–water partition coefficient (Wildman–Crippen LogP) is 8.13. The number of aromatic nitrogens is 1. The van der Waals surface area contributed by atoms with Gasteiger partial charge < -0.3 is 14.8 Å². The monoisotopic (exact) mass is 479 g/mol. The molecule has 0 saturated carbocycles. The van der Waals surface area contributed by atoms with E-state index in [1.807, 2.05) is 35.2 Å². The minimum Gasteiger partial charge on any atom is -0.345 e. The standard InChI is InChI=1S/C29H38ClN3O/c1-20(2)17-33(19-24-12-10-16-32(24)18-23-11-7-8-15-27(23)30)29(34)31-28-25(21(3)4)13-9-14-26(28)22(5)6/h7-16,20-22H,17-19H2,1-6H3,(H,31,34). The van der Waals surface area contributed by atoms with Crippen molar-refractivity contribution in [2.24, 2.45) is 5.92 Å². The number of nitrogens with one attached hydrogen (secondary N) is 1. The highest BCUT2D eigenvalue weighted by molar-refractivity contribution is 6.31. The minimum absolute atomic E-state index is 0.0609. The van der Waals surface area contributed by atoms with Gasteiger partial charge in [0.1, 0.15) is 0 Å². The number of anilines is 1. The lowest BCUT2D eigenvalue weighted by atomic mass is 9.93. The van der Waals surface area contributed by atoms with E-state index in [1.165, 1.54) is 11.1 Å². The Bertz CT molecular complexity index is 1070. The quantitative estimate of drug-likeness (QED) is 0.330. The zero-order chi connectivity index (χ0) is 24.8. The van der Waals surface area contributed by atoms with Gasteiger partial charge in [-0.05, 0) is 52.6 Å². The van der Waals surface area contributed by atoms with E-state index < -0.39 is 0 Å². The van der Waals surface area contributed by atoms with Crippen LogP contribution in [0.3, 0.4) is 0 Å². The van der Waals surface area contributed by atoms with E-state index in [4.69, 9.17) is 11.6 Å². The Morgan fingerprint density at radius 1 is 0.912 bits per heavy atom. The third-order valence-corrected chi connectivity index (χ3v) is 6.42. The predicted molar refractivity (Wildman–Crippen MR) is 144 cm³/mol. The van der Waals surface area contributed by atoms with Gasteiger partial charge in [-0.1, -0.05) is 89.5 Å². The molecule has 0 saturated heterocycles. The third kappa shape index (κ3) is 6.44. The van der Waals surface area contributed by atoms with Crippen molar-refractivity contribution in [3.63, 3.8) is 0 Å². The molecule has 1 aromatic heterocycles. The second-order valence-corrected chi connectivity index (χ2v) is 10.5. The van der Waals surface area contributed by atoms with Gasteiger partial charge in [0.25, 0.3) is 0 Å². The molecule has 5 heteroatoms. The van der Waals surface area contributed by atoms with Gasteiger partial charge >= 0.3 is 6.03 Å². The third-order valence-electron chi connectivity index (χ3n) is 6.05. The fourth-order valence-electron chi connectivity index (χ4n) is 4.29. The molecule has 0 unspecified atom stereocenters. The minimum atomic E-state index is -0.0609. The number of amides is 2. The van der Waals surface area contributed by atoms with Crippen LogP contribution in [-0.2, 0) is 13.1 Å². The number of carbonyl (C=O) groups excluding carboxylic acids is 1. The first-order valence-corrected chi connectivity index (χ1v) is 12.6. The molecule has 0 bridgehead atoms. The Balaban J connectivity index is 1.87. The lowest BCUT2D eigenvalue weighted by Gasteiger charge is -2.28. The van der Waals surface area contributed by atoms with Crippen molar-refractivity contribution in [2.75, 3.05) is 11.9 Å². The summed E-state index contributed by atoms with van der Waals surface area (Å²) < 4.78 is 2.17. The second-order valence-electron chi connectivity index (χ2n) is 10.0. The van der Waals surface area contributed by atoms with E-state index in [9.17, 15) is 4.79 Å². The Hall–Kier alpha value is -2.72. The van der Waals surface area contributed by atoms with Crippen LogP contribution in [0.5, 0.6) is 0 Å². The summed E-state index contributed by atoms with van der Waals surface area (Å²) in [7, 11) is 0. The lowest BCUT2D eigenvalue weighted by molar-refractivity contribution is 0.200. The van der Waals surface area contributed by atoms with Gasteiger partial charge in [0.15, 0.2) is 0 Å². The smallest absolute Gasteiger partial charge is 0.322 e. The Labute approximate surface area is 209 Å². The summed E-state index contributed by atoms with van der Waals surface area (Å²) in [5.41, 5.74) is 5.45. The van der Waals surface area contributed by atoms with Crippen LogP contribution in [0.2, 0.25) is 5.02 Å². The number of benzene rings is 2. The first-order chi connectivity index (χ1) is 16.2. The van der Waals surface area contributed by atoms with Crippen LogP contribution in [0.4, 0.5) is 10.5 Å². The zero-order valence-electron chi connectivity index (χ0n) is 21.3. The first-order valence-electron chi connectivity index (χ1n) is 12.2. The summed E-state index contributed by atoms with van der Waals surface area (Å²) in [5.74, 6) is 0.989. The number of para-hydroxylation sites is 1. The molecule has 34 heavy (non-hydrogen) atoms. The number of hydrogen-bond acceptors (Lipinski definition) is 1. The Morgan fingerprint density at radius 2 is 1.56 bits per heavy atom. The zero-order valence-corrected chi connectivity index (χ0v) is 22.1. The van der Waals surface area contributed by atoms with E-state index in [-0.39, 0.29) is 6.03 Å². The van der Waals surface area contributed by atoms with E-state index in [2.05, 4.69) is 81.9 Å². The molecule has 182 valence electrons. The van der Waals surface area contributed by atoms with E-state index >= 15 is 0 Å². The van der Waals surface area contributed by atoms with Crippen LogP contribution in [-0.4, -0.2) is 22.0 Å². The van der Waals surface area contributed by atoms with Gasteiger partial charge in [-0.3, -0.25) is 0 Å². The summed E-state index contributed by atoms with van der Waals surface area (Å²) in [6.07, 6.45) is 2.05. The SMILES string of the molecule is CC(C)CN(Cc1cccn1Cc1ccccc1Cl)C(=O)Nc1c(C(C)C)cccc1C(C)C. The highest BCUT2D eigenvalue weighted by Crippen LogP contribution is 2.32. The molecule has 0 radical (unpaired) electrons. The van der Waals surface area contributed by atoms with Crippen LogP contribution in [0.15, 0.2) is 60.8 Å². The van der Waals surface area contributed by atoms with Crippen LogP contribution < -0.4 is 5.32 Å². The fourth-order valence-corrected chi connectivity index (χ4v) is 4.49. The summed E-state index contributed by atoms with van der Waals surface area (Å²) in [5, 5.41) is 4.05. The summed E-state index contributed by atoms with van der Waals surface area (Å²) >= 11 is 6.40. The normalized spacial score (nSPS) is 11.5. The van der Waals surface area contributed by atoms with E-state index in [1.54, 1.807) is 0 Å². The van der Waals surface area contributed by atoms with E-state index in [0.717, 1.165) is 22.0 Å².